The van der Waals surface area contributed by atoms with Gasteiger partial charge in [0.2, 0.25) is 5.91 Å². The zero-order chi connectivity index (χ0) is 15.4. The lowest BCUT2D eigenvalue weighted by Gasteiger charge is -2.21. The van der Waals surface area contributed by atoms with Crippen LogP contribution < -0.4 is 10.2 Å². The Morgan fingerprint density at radius 1 is 1.18 bits per heavy atom. The third kappa shape index (κ3) is 3.12. The quantitative estimate of drug-likeness (QED) is 0.922. The fourth-order valence-electron chi connectivity index (χ4n) is 2.87. The number of ether oxygens (including phenoxy) is 1. The largest absolute Gasteiger partial charge is 0.375 e. The van der Waals surface area contributed by atoms with Gasteiger partial charge in [0.25, 0.3) is 0 Å². The van der Waals surface area contributed by atoms with Gasteiger partial charge in [-0.25, -0.2) is 0 Å². The van der Waals surface area contributed by atoms with Crippen LogP contribution in [0.25, 0.3) is 0 Å². The number of carbonyl (C=O) groups excluding carboxylic acids is 1. The Morgan fingerprint density at radius 2 is 1.95 bits per heavy atom. The van der Waals surface area contributed by atoms with Crippen molar-refractivity contribution >= 4 is 17.3 Å². The van der Waals surface area contributed by atoms with Crippen LogP contribution in [0.3, 0.4) is 0 Å². The molecule has 0 radical (unpaired) electrons. The normalized spacial score (nSPS) is 13.0. The minimum Gasteiger partial charge on any atom is -0.375 e. The van der Waals surface area contributed by atoms with Gasteiger partial charge in [-0.15, -0.1) is 0 Å². The van der Waals surface area contributed by atoms with Gasteiger partial charge in [-0.1, -0.05) is 36.4 Å². The molecule has 0 atom stereocenters. The van der Waals surface area contributed by atoms with Gasteiger partial charge in [0.15, 0.2) is 0 Å². The number of hydrogen-bond donors (Lipinski definition) is 1. The highest BCUT2D eigenvalue weighted by molar-refractivity contribution is 5.92. The average Bonchev–Trinajstić information content (AvgIpc) is 2.93. The minimum atomic E-state index is -0.128. The number of nitrogens with one attached hydrogen (secondary N) is 1. The molecule has 1 heterocycles. The second-order valence-electron chi connectivity index (χ2n) is 5.44. The Labute approximate surface area is 130 Å². The maximum absolute atomic E-state index is 11.8. The van der Waals surface area contributed by atoms with Crippen molar-refractivity contribution in [2.45, 2.75) is 13.0 Å². The van der Waals surface area contributed by atoms with Gasteiger partial charge in [0, 0.05) is 31.6 Å². The summed E-state index contributed by atoms with van der Waals surface area (Å²) in [5, 5.41) is 2.92. The molecule has 0 aromatic heterocycles. The highest BCUT2D eigenvalue weighted by Gasteiger charge is 2.19. The zero-order valence-electron chi connectivity index (χ0n) is 12.7. The molecule has 1 aliphatic rings. The molecule has 3 rings (SSSR count). The van der Waals surface area contributed by atoms with E-state index in [-0.39, 0.29) is 12.5 Å². The second-order valence-corrected chi connectivity index (χ2v) is 5.44. The molecule has 2 aromatic rings. The van der Waals surface area contributed by atoms with Crippen LogP contribution in [0.1, 0.15) is 11.1 Å². The highest BCUT2D eigenvalue weighted by atomic mass is 16.5. The summed E-state index contributed by atoms with van der Waals surface area (Å²) in [5.41, 5.74) is 4.65. The SMILES string of the molecule is COCC(=O)Nc1ccccc1CN1CCc2ccccc21. The summed E-state index contributed by atoms with van der Waals surface area (Å²) in [6, 6.07) is 16.4. The zero-order valence-corrected chi connectivity index (χ0v) is 12.7. The molecule has 22 heavy (non-hydrogen) atoms. The Kier molecular flexibility index (Phi) is 4.39. The summed E-state index contributed by atoms with van der Waals surface area (Å²) in [7, 11) is 1.52. The molecule has 0 saturated carbocycles. The van der Waals surface area contributed by atoms with Crippen molar-refractivity contribution < 1.29 is 9.53 Å². The topological polar surface area (TPSA) is 41.6 Å². The maximum atomic E-state index is 11.8. The van der Waals surface area contributed by atoms with Crippen molar-refractivity contribution in [1.82, 2.24) is 0 Å². The molecule has 0 bridgehead atoms. The Hall–Kier alpha value is -2.33. The molecule has 1 amide bonds. The molecule has 0 spiro atoms. The van der Waals surface area contributed by atoms with E-state index in [1.165, 1.54) is 18.4 Å². The Bertz CT molecular complexity index is 670. The van der Waals surface area contributed by atoms with Crippen molar-refractivity contribution in [2.75, 3.05) is 30.5 Å². The van der Waals surface area contributed by atoms with Crippen LogP contribution in [-0.2, 0) is 22.5 Å². The minimum absolute atomic E-state index is 0.0703. The van der Waals surface area contributed by atoms with Crippen LogP contribution >= 0.6 is 0 Å². The van der Waals surface area contributed by atoms with Gasteiger partial charge in [0.05, 0.1) is 0 Å². The molecule has 1 aliphatic heterocycles. The molecule has 4 heteroatoms. The van der Waals surface area contributed by atoms with Gasteiger partial charge in [-0.3, -0.25) is 4.79 Å². The third-order valence-corrected chi connectivity index (χ3v) is 3.91. The van der Waals surface area contributed by atoms with E-state index in [0.29, 0.717) is 0 Å². The number of fused-ring (bicyclic) bond motifs is 1. The van der Waals surface area contributed by atoms with Crippen LogP contribution in [0.2, 0.25) is 0 Å². The molecule has 0 saturated heterocycles. The predicted octanol–water partition coefficient (Wildman–Crippen LogP) is 2.83. The van der Waals surface area contributed by atoms with Crippen molar-refractivity contribution in [1.29, 1.82) is 0 Å². The highest BCUT2D eigenvalue weighted by Crippen LogP contribution is 2.30. The number of methoxy groups -OCH3 is 1. The van der Waals surface area contributed by atoms with E-state index in [4.69, 9.17) is 4.74 Å². The van der Waals surface area contributed by atoms with E-state index in [0.717, 1.165) is 30.8 Å². The number of para-hydroxylation sites is 2. The van der Waals surface area contributed by atoms with Crippen LogP contribution in [0.5, 0.6) is 0 Å². The van der Waals surface area contributed by atoms with E-state index in [1.54, 1.807) is 0 Å². The maximum Gasteiger partial charge on any atom is 0.250 e. The van der Waals surface area contributed by atoms with Gasteiger partial charge < -0.3 is 15.0 Å². The average molecular weight is 296 g/mol. The number of nitrogens with zero attached hydrogens (tertiary/aromatic N) is 1. The summed E-state index contributed by atoms with van der Waals surface area (Å²) < 4.78 is 4.87. The molecule has 1 N–H and O–H groups in total. The lowest BCUT2D eigenvalue weighted by Crippen LogP contribution is -2.22. The summed E-state index contributed by atoms with van der Waals surface area (Å²) in [5.74, 6) is -0.128. The molecule has 0 unspecified atom stereocenters. The summed E-state index contributed by atoms with van der Waals surface area (Å²) in [4.78, 5) is 14.1. The van der Waals surface area contributed by atoms with E-state index < -0.39 is 0 Å². The Morgan fingerprint density at radius 3 is 2.82 bits per heavy atom. The third-order valence-electron chi connectivity index (χ3n) is 3.91. The first-order chi connectivity index (χ1) is 10.8. The van der Waals surface area contributed by atoms with Crippen LogP contribution in [-0.4, -0.2) is 26.2 Å². The first-order valence-electron chi connectivity index (χ1n) is 7.47. The number of amides is 1. The van der Waals surface area contributed by atoms with Gasteiger partial charge in [-0.05, 0) is 29.7 Å². The van der Waals surface area contributed by atoms with Gasteiger partial charge >= 0.3 is 0 Å². The molecular weight excluding hydrogens is 276 g/mol. The van der Waals surface area contributed by atoms with E-state index >= 15 is 0 Å². The summed E-state index contributed by atoms with van der Waals surface area (Å²) >= 11 is 0. The van der Waals surface area contributed by atoms with Crippen molar-refractivity contribution in [3.63, 3.8) is 0 Å². The number of hydrogen-bond acceptors (Lipinski definition) is 3. The predicted molar refractivity (Wildman–Crippen MR) is 88.1 cm³/mol. The van der Waals surface area contributed by atoms with Crippen molar-refractivity contribution in [2.24, 2.45) is 0 Å². The molecular formula is C18H20N2O2. The number of anilines is 2. The van der Waals surface area contributed by atoms with Crippen LogP contribution in [0, 0.1) is 0 Å². The molecule has 114 valence electrons. The Balaban J connectivity index is 1.77. The molecule has 4 nitrogen and oxygen atoms in total. The van der Waals surface area contributed by atoms with Crippen LogP contribution in [0.15, 0.2) is 48.5 Å². The lowest BCUT2D eigenvalue weighted by atomic mass is 10.1. The smallest absolute Gasteiger partial charge is 0.250 e. The molecule has 0 aliphatic carbocycles. The second kappa shape index (κ2) is 6.62. The van der Waals surface area contributed by atoms with E-state index in [9.17, 15) is 4.79 Å². The number of carbonyl (C=O) groups is 1. The van der Waals surface area contributed by atoms with Crippen LogP contribution in [0.4, 0.5) is 11.4 Å². The fourth-order valence-corrected chi connectivity index (χ4v) is 2.87. The van der Waals surface area contributed by atoms with Gasteiger partial charge in [0.1, 0.15) is 6.61 Å². The van der Waals surface area contributed by atoms with Crippen molar-refractivity contribution in [3.8, 4) is 0 Å². The lowest BCUT2D eigenvalue weighted by molar-refractivity contribution is -0.119. The van der Waals surface area contributed by atoms with E-state index in [2.05, 4.69) is 40.5 Å². The number of rotatable bonds is 5. The standard InChI is InChI=1S/C18H20N2O2/c1-22-13-18(21)19-16-8-4-2-7-15(16)12-20-11-10-14-6-3-5-9-17(14)20/h2-9H,10-13H2,1H3,(H,19,21). The first kappa shape index (κ1) is 14.6. The van der Waals surface area contributed by atoms with Gasteiger partial charge in [-0.2, -0.15) is 0 Å². The summed E-state index contributed by atoms with van der Waals surface area (Å²) in [6.45, 7) is 1.88. The fraction of sp³-hybridized carbons (Fsp3) is 0.278. The van der Waals surface area contributed by atoms with Crippen molar-refractivity contribution in [3.05, 3.63) is 59.7 Å². The first-order valence-corrected chi connectivity index (χ1v) is 7.47. The number of benzene rings is 2. The van der Waals surface area contributed by atoms with E-state index in [1.807, 2.05) is 18.2 Å². The molecule has 0 fully saturated rings. The summed E-state index contributed by atoms with van der Waals surface area (Å²) in [6.07, 6.45) is 1.08. The molecule has 2 aromatic carbocycles. The monoisotopic (exact) mass is 296 g/mol.